The number of fused-ring (bicyclic) bond motifs is 1. The van der Waals surface area contributed by atoms with Gasteiger partial charge in [0, 0.05) is 44.3 Å². The second-order valence-electron chi connectivity index (χ2n) is 6.98. The Kier molecular flexibility index (Phi) is 4.77. The third-order valence-corrected chi connectivity index (χ3v) is 5.18. The van der Waals surface area contributed by atoms with Gasteiger partial charge in [-0.3, -0.25) is 9.69 Å². The summed E-state index contributed by atoms with van der Waals surface area (Å²) >= 11 is 0. The number of aryl methyl sites for hydroxylation is 1. The van der Waals surface area contributed by atoms with Crippen LogP contribution >= 0.6 is 0 Å². The van der Waals surface area contributed by atoms with Crippen LogP contribution in [0.5, 0.6) is 0 Å². The summed E-state index contributed by atoms with van der Waals surface area (Å²) in [7, 11) is 0. The lowest BCUT2D eigenvalue weighted by Crippen LogP contribution is -2.49. The van der Waals surface area contributed by atoms with Gasteiger partial charge in [0.25, 0.3) is 0 Å². The summed E-state index contributed by atoms with van der Waals surface area (Å²) in [6.07, 6.45) is 3.60. The van der Waals surface area contributed by atoms with E-state index in [0.717, 1.165) is 48.9 Å². The quantitative estimate of drug-likeness (QED) is 0.768. The Morgan fingerprint density at radius 3 is 2.74 bits per heavy atom. The molecule has 7 nitrogen and oxygen atoms in total. The fourth-order valence-electron chi connectivity index (χ4n) is 3.39. The Labute approximate surface area is 158 Å². The normalized spacial score (nSPS) is 15.3. The molecule has 3 aromatic rings. The lowest BCUT2D eigenvalue weighted by atomic mass is 10.1. The van der Waals surface area contributed by atoms with Crippen molar-refractivity contribution in [2.45, 2.75) is 13.8 Å². The average Bonchev–Trinajstić information content (AvgIpc) is 3.14. The molecule has 27 heavy (non-hydrogen) atoms. The third kappa shape index (κ3) is 3.78. The molecular formula is C20H24N6O. The first-order chi connectivity index (χ1) is 13.1. The number of hydrogen-bond donors (Lipinski definition) is 1. The minimum absolute atomic E-state index is 0.0371. The van der Waals surface area contributed by atoms with Crippen LogP contribution in [0.15, 0.2) is 42.7 Å². The van der Waals surface area contributed by atoms with Crippen molar-refractivity contribution in [2.75, 3.05) is 42.9 Å². The highest BCUT2D eigenvalue weighted by atomic mass is 16.2. The van der Waals surface area contributed by atoms with E-state index < -0.39 is 0 Å². The number of nitrogens with one attached hydrogen (secondary N) is 1. The maximum absolute atomic E-state index is 12.4. The zero-order chi connectivity index (χ0) is 18.8. The maximum atomic E-state index is 12.4. The molecule has 0 radical (unpaired) electrons. The smallest absolute Gasteiger partial charge is 0.238 e. The van der Waals surface area contributed by atoms with Gasteiger partial charge in [0.15, 0.2) is 5.65 Å². The summed E-state index contributed by atoms with van der Waals surface area (Å²) in [6, 6.07) is 9.97. The van der Waals surface area contributed by atoms with Gasteiger partial charge < -0.3 is 10.2 Å². The number of carbonyl (C=O) groups excluding carboxylic acids is 1. The number of aromatic nitrogens is 3. The molecule has 7 heteroatoms. The van der Waals surface area contributed by atoms with Crippen LogP contribution in [0.25, 0.3) is 5.65 Å². The lowest BCUT2D eigenvalue weighted by molar-refractivity contribution is -0.117. The number of imidazole rings is 1. The predicted octanol–water partition coefficient (Wildman–Crippen LogP) is 2.11. The van der Waals surface area contributed by atoms with E-state index in [1.54, 1.807) is 10.7 Å². The highest BCUT2D eigenvalue weighted by molar-refractivity contribution is 5.93. The molecule has 2 aromatic heterocycles. The Balaban J connectivity index is 1.32. The minimum Gasteiger partial charge on any atom is -0.353 e. The SMILES string of the molecule is Cc1cccc(NC(=O)CN2CCN(c3ccc4nccn4n3)CC2)c1C. The van der Waals surface area contributed by atoms with E-state index in [9.17, 15) is 4.79 Å². The molecule has 1 N–H and O–H groups in total. The first-order valence-corrected chi connectivity index (χ1v) is 9.24. The van der Waals surface area contributed by atoms with E-state index in [-0.39, 0.29) is 5.91 Å². The third-order valence-electron chi connectivity index (χ3n) is 5.18. The summed E-state index contributed by atoms with van der Waals surface area (Å²) in [4.78, 5) is 21.1. The molecule has 0 atom stereocenters. The molecule has 0 spiro atoms. The van der Waals surface area contributed by atoms with Crippen LogP contribution in [0, 0.1) is 13.8 Å². The molecule has 1 saturated heterocycles. The molecule has 1 aliphatic rings. The zero-order valence-electron chi connectivity index (χ0n) is 15.7. The predicted molar refractivity (Wildman–Crippen MR) is 106 cm³/mol. The standard InChI is InChI=1S/C20H24N6O/c1-15-4-3-5-17(16(15)2)22-20(27)14-24-10-12-25(13-11-24)19-7-6-18-21-8-9-26(18)23-19/h3-9H,10-14H2,1-2H3,(H,22,27). The Morgan fingerprint density at radius 1 is 1.11 bits per heavy atom. The lowest BCUT2D eigenvalue weighted by Gasteiger charge is -2.34. The minimum atomic E-state index is 0.0371. The van der Waals surface area contributed by atoms with Gasteiger partial charge in [-0.15, -0.1) is 5.10 Å². The van der Waals surface area contributed by atoms with E-state index >= 15 is 0 Å². The van der Waals surface area contributed by atoms with E-state index in [2.05, 4.69) is 38.2 Å². The summed E-state index contributed by atoms with van der Waals surface area (Å²) < 4.78 is 1.79. The van der Waals surface area contributed by atoms with Gasteiger partial charge in [-0.05, 0) is 43.2 Å². The fraction of sp³-hybridized carbons (Fsp3) is 0.350. The highest BCUT2D eigenvalue weighted by Crippen LogP contribution is 2.18. The van der Waals surface area contributed by atoms with Gasteiger partial charge in [-0.2, -0.15) is 0 Å². The van der Waals surface area contributed by atoms with E-state index in [1.807, 2.05) is 37.4 Å². The summed E-state index contributed by atoms with van der Waals surface area (Å²) in [6.45, 7) is 7.88. The van der Waals surface area contributed by atoms with Crippen LogP contribution in [0.4, 0.5) is 11.5 Å². The van der Waals surface area contributed by atoms with Crippen molar-refractivity contribution in [1.82, 2.24) is 19.5 Å². The Hall–Kier alpha value is -2.93. The molecule has 140 valence electrons. The number of piperazine rings is 1. The molecule has 4 rings (SSSR count). The number of anilines is 2. The first-order valence-electron chi connectivity index (χ1n) is 9.24. The van der Waals surface area contributed by atoms with E-state index in [0.29, 0.717) is 6.54 Å². The number of nitrogens with zero attached hydrogens (tertiary/aromatic N) is 5. The van der Waals surface area contributed by atoms with Crippen LogP contribution in [0.1, 0.15) is 11.1 Å². The summed E-state index contributed by atoms with van der Waals surface area (Å²) in [5, 5.41) is 7.64. The zero-order valence-corrected chi connectivity index (χ0v) is 15.7. The Bertz CT molecular complexity index is 958. The molecule has 0 bridgehead atoms. The van der Waals surface area contributed by atoms with Crippen molar-refractivity contribution in [1.29, 1.82) is 0 Å². The van der Waals surface area contributed by atoms with Gasteiger partial charge in [0.1, 0.15) is 5.82 Å². The van der Waals surface area contributed by atoms with Crippen LogP contribution in [-0.4, -0.2) is 58.1 Å². The molecule has 1 fully saturated rings. The van der Waals surface area contributed by atoms with Crippen molar-refractivity contribution in [2.24, 2.45) is 0 Å². The number of benzene rings is 1. The van der Waals surface area contributed by atoms with Gasteiger partial charge in [0.2, 0.25) is 5.91 Å². The second-order valence-corrected chi connectivity index (χ2v) is 6.98. The van der Waals surface area contributed by atoms with Crippen LogP contribution < -0.4 is 10.2 Å². The molecule has 0 saturated carbocycles. The van der Waals surface area contributed by atoms with E-state index in [4.69, 9.17) is 0 Å². The molecule has 1 aliphatic heterocycles. The van der Waals surface area contributed by atoms with Crippen LogP contribution in [0.3, 0.4) is 0 Å². The van der Waals surface area contributed by atoms with Crippen molar-refractivity contribution in [3.63, 3.8) is 0 Å². The highest BCUT2D eigenvalue weighted by Gasteiger charge is 2.20. The number of hydrogen-bond acceptors (Lipinski definition) is 5. The molecular weight excluding hydrogens is 340 g/mol. The van der Waals surface area contributed by atoms with Gasteiger partial charge in [-0.1, -0.05) is 12.1 Å². The molecule has 0 unspecified atom stereocenters. The topological polar surface area (TPSA) is 65.8 Å². The van der Waals surface area contributed by atoms with Gasteiger partial charge in [-0.25, -0.2) is 9.50 Å². The monoisotopic (exact) mass is 364 g/mol. The van der Waals surface area contributed by atoms with Crippen molar-refractivity contribution >= 4 is 23.1 Å². The van der Waals surface area contributed by atoms with Gasteiger partial charge in [0.05, 0.1) is 6.54 Å². The Morgan fingerprint density at radius 2 is 1.93 bits per heavy atom. The number of rotatable bonds is 4. The number of carbonyl (C=O) groups is 1. The molecule has 1 amide bonds. The van der Waals surface area contributed by atoms with E-state index in [1.165, 1.54) is 5.56 Å². The van der Waals surface area contributed by atoms with Crippen molar-refractivity contribution < 1.29 is 4.79 Å². The van der Waals surface area contributed by atoms with Crippen LogP contribution in [-0.2, 0) is 4.79 Å². The number of amides is 1. The van der Waals surface area contributed by atoms with Crippen molar-refractivity contribution in [3.8, 4) is 0 Å². The maximum Gasteiger partial charge on any atom is 0.238 e. The molecule has 0 aliphatic carbocycles. The molecule has 1 aromatic carbocycles. The molecule has 3 heterocycles. The van der Waals surface area contributed by atoms with Gasteiger partial charge >= 0.3 is 0 Å². The fourth-order valence-corrected chi connectivity index (χ4v) is 3.39. The van der Waals surface area contributed by atoms with Crippen molar-refractivity contribution in [3.05, 3.63) is 53.9 Å². The summed E-state index contributed by atoms with van der Waals surface area (Å²) in [5.74, 6) is 0.982. The summed E-state index contributed by atoms with van der Waals surface area (Å²) in [5.41, 5.74) is 4.05. The average molecular weight is 364 g/mol. The largest absolute Gasteiger partial charge is 0.353 e. The second kappa shape index (κ2) is 7.36. The first kappa shape index (κ1) is 17.5. The van der Waals surface area contributed by atoms with Crippen LogP contribution in [0.2, 0.25) is 0 Å².